The molecular formula is C17H33NO6Si2. The maximum atomic E-state index is 5.49. The molecule has 1 rings (SSSR count). The molecular weight excluding hydrogens is 370 g/mol. The molecule has 0 aromatic carbocycles. The van der Waals surface area contributed by atoms with Crippen molar-refractivity contribution >= 4 is 17.6 Å². The molecule has 0 radical (unpaired) electrons. The van der Waals surface area contributed by atoms with Gasteiger partial charge in [0.15, 0.2) is 0 Å². The summed E-state index contributed by atoms with van der Waals surface area (Å²) in [6, 6.07) is 5.65. The van der Waals surface area contributed by atoms with Crippen molar-refractivity contribution in [1.29, 1.82) is 0 Å². The van der Waals surface area contributed by atoms with E-state index in [1.165, 1.54) is 5.56 Å². The van der Waals surface area contributed by atoms with Gasteiger partial charge in [-0.15, -0.1) is 0 Å². The van der Waals surface area contributed by atoms with E-state index in [2.05, 4.69) is 11.1 Å². The summed E-state index contributed by atoms with van der Waals surface area (Å²) in [5, 5.41) is 0. The van der Waals surface area contributed by atoms with Crippen LogP contribution < -0.4 is 0 Å². The van der Waals surface area contributed by atoms with Crippen LogP contribution in [0, 0.1) is 0 Å². The average molecular weight is 404 g/mol. The van der Waals surface area contributed by atoms with E-state index in [4.69, 9.17) is 26.6 Å². The van der Waals surface area contributed by atoms with Crippen LogP contribution in [0.15, 0.2) is 18.3 Å². The van der Waals surface area contributed by atoms with Crippen molar-refractivity contribution in [1.82, 2.24) is 4.98 Å². The Morgan fingerprint density at radius 3 is 1.65 bits per heavy atom. The van der Waals surface area contributed by atoms with E-state index in [-0.39, 0.29) is 0 Å². The number of rotatable bonds is 14. The first kappa shape index (κ1) is 23.4. The second-order valence-electron chi connectivity index (χ2n) is 5.91. The first-order valence-corrected chi connectivity index (χ1v) is 12.6. The lowest BCUT2D eigenvalue weighted by molar-refractivity contribution is 0.122. The summed E-state index contributed by atoms with van der Waals surface area (Å²) in [7, 11) is 4.82. The third-order valence-electron chi connectivity index (χ3n) is 4.68. The Hall–Kier alpha value is -0.656. The van der Waals surface area contributed by atoms with Gasteiger partial charge in [0.05, 0.1) is 0 Å². The maximum absolute atomic E-state index is 5.49. The molecule has 7 nitrogen and oxygen atoms in total. The fourth-order valence-corrected chi connectivity index (χ4v) is 6.45. The van der Waals surface area contributed by atoms with Gasteiger partial charge in [0.2, 0.25) is 0 Å². The van der Waals surface area contributed by atoms with E-state index in [0.29, 0.717) is 0 Å². The summed E-state index contributed by atoms with van der Waals surface area (Å²) in [6.45, 7) is 0. The van der Waals surface area contributed by atoms with Gasteiger partial charge in [-0.3, -0.25) is 4.98 Å². The van der Waals surface area contributed by atoms with E-state index >= 15 is 0 Å². The monoisotopic (exact) mass is 403 g/mol. The molecule has 1 aromatic heterocycles. The summed E-state index contributed by atoms with van der Waals surface area (Å²) >= 11 is 0. The van der Waals surface area contributed by atoms with Gasteiger partial charge in [0.25, 0.3) is 0 Å². The Balaban J connectivity index is 2.62. The summed E-state index contributed by atoms with van der Waals surface area (Å²) in [5.74, 6) is 0. The molecule has 9 heteroatoms. The minimum atomic E-state index is -2.53. The molecule has 0 aliphatic rings. The number of nitrogens with zero attached hydrogens (tertiary/aromatic N) is 1. The molecule has 1 aromatic rings. The van der Waals surface area contributed by atoms with Crippen LogP contribution in [0.5, 0.6) is 0 Å². The summed E-state index contributed by atoms with van der Waals surface area (Å²) in [6.07, 6.45) is 5.44. The van der Waals surface area contributed by atoms with Gasteiger partial charge in [-0.2, -0.15) is 0 Å². The normalized spacial score (nSPS) is 12.5. The van der Waals surface area contributed by atoms with Gasteiger partial charge in [-0.25, -0.2) is 0 Å². The van der Waals surface area contributed by atoms with Crippen LogP contribution >= 0.6 is 0 Å². The highest BCUT2D eigenvalue weighted by Gasteiger charge is 2.37. The van der Waals surface area contributed by atoms with Crippen LogP contribution in [0.25, 0.3) is 0 Å². The van der Waals surface area contributed by atoms with Gasteiger partial charge in [0, 0.05) is 66.6 Å². The van der Waals surface area contributed by atoms with Crippen molar-refractivity contribution in [3.63, 3.8) is 0 Å². The Morgan fingerprint density at radius 2 is 1.19 bits per heavy atom. The molecule has 150 valence electrons. The smallest absolute Gasteiger partial charge is 0.377 e. The van der Waals surface area contributed by atoms with E-state index in [0.717, 1.165) is 43.5 Å². The molecule has 1 heterocycles. The van der Waals surface area contributed by atoms with Crippen molar-refractivity contribution in [3.8, 4) is 0 Å². The Morgan fingerprint density at radius 1 is 0.731 bits per heavy atom. The van der Waals surface area contributed by atoms with Crippen molar-refractivity contribution in [2.75, 3.05) is 42.7 Å². The molecule has 0 bridgehead atoms. The van der Waals surface area contributed by atoms with Crippen LogP contribution in [-0.2, 0) is 39.4 Å². The van der Waals surface area contributed by atoms with Gasteiger partial charge >= 0.3 is 17.6 Å². The zero-order chi connectivity index (χ0) is 19.5. The zero-order valence-corrected chi connectivity index (χ0v) is 18.9. The largest absolute Gasteiger partial charge is 0.500 e. The SMILES string of the molecule is CO[Si](CCCc1cccnc1CCC[Si](OC)(OC)OC)(OC)OC. The molecule has 0 unspecified atom stereocenters. The average Bonchev–Trinajstić information content (AvgIpc) is 2.70. The van der Waals surface area contributed by atoms with Crippen LogP contribution in [0.2, 0.25) is 12.1 Å². The molecule has 0 aliphatic carbocycles. The van der Waals surface area contributed by atoms with Crippen LogP contribution in [0.3, 0.4) is 0 Å². The Labute approximate surface area is 159 Å². The Kier molecular flexibility index (Phi) is 10.7. The van der Waals surface area contributed by atoms with Crippen LogP contribution in [0.1, 0.15) is 24.1 Å². The van der Waals surface area contributed by atoms with Gasteiger partial charge < -0.3 is 26.6 Å². The maximum Gasteiger partial charge on any atom is 0.500 e. The molecule has 0 saturated heterocycles. The number of hydrogen-bond acceptors (Lipinski definition) is 7. The fourth-order valence-electron chi connectivity index (χ4n) is 3.00. The number of aryl methyl sites for hydroxylation is 2. The van der Waals surface area contributed by atoms with Gasteiger partial charge in [-0.1, -0.05) is 6.07 Å². The highest BCUT2D eigenvalue weighted by Crippen LogP contribution is 2.21. The number of aromatic nitrogens is 1. The lowest BCUT2D eigenvalue weighted by atomic mass is 10.1. The second-order valence-corrected chi connectivity index (χ2v) is 12.1. The molecule has 0 fully saturated rings. The fraction of sp³-hybridized carbons (Fsp3) is 0.706. The lowest BCUT2D eigenvalue weighted by Crippen LogP contribution is -2.42. The topological polar surface area (TPSA) is 68.3 Å². The molecule has 0 saturated carbocycles. The molecule has 0 aliphatic heterocycles. The minimum absolute atomic E-state index is 0.763. The number of pyridine rings is 1. The molecule has 0 N–H and O–H groups in total. The van der Waals surface area contributed by atoms with Crippen molar-refractivity contribution in [2.45, 2.75) is 37.8 Å². The molecule has 26 heavy (non-hydrogen) atoms. The van der Waals surface area contributed by atoms with Crippen molar-refractivity contribution in [2.24, 2.45) is 0 Å². The third-order valence-corrected chi connectivity index (χ3v) is 10.3. The van der Waals surface area contributed by atoms with E-state index in [1.54, 1.807) is 42.7 Å². The minimum Gasteiger partial charge on any atom is -0.377 e. The predicted octanol–water partition coefficient (Wildman–Crippen LogP) is 2.70. The van der Waals surface area contributed by atoms with Gasteiger partial charge in [0.1, 0.15) is 0 Å². The standard InChI is InChI=1S/C17H33NO6Si2/c1-19-25(20-2,21-3)14-8-11-16-10-7-13-18-17(16)12-9-15-26(22-4,23-5)24-6/h7,10,13H,8-9,11-12,14-15H2,1-6H3. The lowest BCUT2D eigenvalue weighted by Gasteiger charge is -2.24. The summed E-state index contributed by atoms with van der Waals surface area (Å²) in [4.78, 5) is 4.56. The third kappa shape index (κ3) is 6.50. The predicted molar refractivity (Wildman–Crippen MR) is 104 cm³/mol. The van der Waals surface area contributed by atoms with Crippen LogP contribution in [-0.4, -0.2) is 65.3 Å². The van der Waals surface area contributed by atoms with Crippen molar-refractivity contribution < 1.29 is 26.6 Å². The Bertz CT molecular complexity index is 450. The second kappa shape index (κ2) is 11.9. The molecule has 0 spiro atoms. The first-order valence-electron chi connectivity index (χ1n) is 8.78. The highest BCUT2D eigenvalue weighted by atomic mass is 28.4. The molecule has 0 amide bonds. The van der Waals surface area contributed by atoms with E-state index < -0.39 is 17.6 Å². The van der Waals surface area contributed by atoms with Gasteiger partial charge in [-0.05, 0) is 37.3 Å². The highest BCUT2D eigenvalue weighted by molar-refractivity contribution is 6.60. The summed E-state index contributed by atoms with van der Waals surface area (Å²) in [5.41, 5.74) is 2.36. The number of hydrogen-bond donors (Lipinski definition) is 0. The quantitative estimate of drug-likeness (QED) is 0.442. The van der Waals surface area contributed by atoms with Crippen molar-refractivity contribution in [3.05, 3.63) is 29.6 Å². The first-order chi connectivity index (χ1) is 12.5. The zero-order valence-electron chi connectivity index (χ0n) is 16.9. The van der Waals surface area contributed by atoms with E-state index in [9.17, 15) is 0 Å². The van der Waals surface area contributed by atoms with E-state index in [1.807, 2.05) is 12.3 Å². The summed E-state index contributed by atoms with van der Waals surface area (Å²) < 4.78 is 32.9. The molecule has 0 atom stereocenters. The van der Waals surface area contributed by atoms with Crippen LogP contribution in [0.4, 0.5) is 0 Å².